The molecule has 2 amide bonds. The van der Waals surface area contributed by atoms with Crippen molar-refractivity contribution in [1.82, 2.24) is 20.2 Å². The number of hydrogen-bond acceptors (Lipinski definition) is 2. The van der Waals surface area contributed by atoms with Crippen molar-refractivity contribution >= 4 is 6.03 Å². The molecule has 0 fully saturated rings. The minimum absolute atomic E-state index is 0.0218. The second-order valence-corrected chi connectivity index (χ2v) is 6.83. The Morgan fingerprint density at radius 2 is 2.20 bits per heavy atom. The zero-order valence-corrected chi connectivity index (χ0v) is 13.2. The summed E-state index contributed by atoms with van der Waals surface area (Å²) in [5.41, 5.74) is 2.01. The zero-order chi connectivity index (χ0) is 14.9. The van der Waals surface area contributed by atoms with E-state index in [0.29, 0.717) is 12.5 Å². The molecule has 2 rings (SSSR count). The lowest BCUT2D eigenvalue weighted by Gasteiger charge is -2.33. The van der Waals surface area contributed by atoms with Gasteiger partial charge in [0.15, 0.2) is 0 Å². The number of fused-ring (bicyclic) bond motifs is 1. The SMILES string of the molecule is Cc1nc2c([nH]1)CN(C(=O)NC(C)(C)CC(C)C)CC2. The van der Waals surface area contributed by atoms with Crippen LogP contribution in [0.1, 0.15) is 51.3 Å². The number of nitrogens with zero attached hydrogens (tertiary/aromatic N) is 2. The molecule has 1 aromatic rings. The molecule has 0 radical (unpaired) electrons. The van der Waals surface area contributed by atoms with Crippen LogP contribution in [-0.2, 0) is 13.0 Å². The third-order valence-electron chi connectivity index (χ3n) is 3.60. The zero-order valence-electron chi connectivity index (χ0n) is 13.2. The average molecular weight is 278 g/mol. The van der Waals surface area contributed by atoms with Crippen LogP contribution in [-0.4, -0.2) is 33.0 Å². The maximum Gasteiger partial charge on any atom is 0.318 e. The quantitative estimate of drug-likeness (QED) is 0.893. The van der Waals surface area contributed by atoms with Crippen molar-refractivity contribution < 1.29 is 4.79 Å². The Morgan fingerprint density at radius 3 is 2.85 bits per heavy atom. The topological polar surface area (TPSA) is 61.0 Å². The van der Waals surface area contributed by atoms with E-state index in [4.69, 9.17) is 0 Å². The summed E-state index contributed by atoms with van der Waals surface area (Å²) in [7, 11) is 0. The Bertz CT molecular complexity index is 490. The van der Waals surface area contributed by atoms with Gasteiger partial charge >= 0.3 is 6.03 Å². The monoisotopic (exact) mass is 278 g/mol. The van der Waals surface area contributed by atoms with Crippen LogP contribution in [0.15, 0.2) is 0 Å². The van der Waals surface area contributed by atoms with Crippen LogP contribution in [0.3, 0.4) is 0 Å². The van der Waals surface area contributed by atoms with Gasteiger partial charge in [-0.05, 0) is 33.1 Å². The number of carbonyl (C=O) groups is 1. The number of aromatic amines is 1. The molecule has 112 valence electrons. The van der Waals surface area contributed by atoms with Crippen molar-refractivity contribution in [2.24, 2.45) is 5.92 Å². The molecule has 2 heterocycles. The molecule has 0 unspecified atom stereocenters. The number of rotatable bonds is 3. The molecule has 0 bridgehead atoms. The first kappa shape index (κ1) is 14.9. The van der Waals surface area contributed by atoms with Crippen molar-refractivity contribution in [2.45, 2.75) is 59.5 Å². The summed E-state index contributed by atoms with van der Waals surface area (Å²) in [6.07, 6.45) is 1.80. The molecule has 0 spiro atoms. The van der Waals surface area contributed by atoms with Crippen molar-refractivity contribution in [2.75, 3.05) is 6.54 Å². The summed E-state index contributed by atoms with van der Waals surface area (Å²) < 4.78 is 0. The fraction of sp³-hybridized carbons (Fsp3) is 0.733. The first-order valence-corrected chi connectivity index (χ1v) is 7.38. The minimum atomic E-state index is -0.171. The van der Waals surface area contributed by atoms with Gasteiger partial charge in [0, 0.05) is 18.5 Å². The van der Waals surface area contributed by atoms with Crippen LogP contribution in [0.25, 0.3) is 0 Å². The van der Waals surface area contributed by atoms with E-state index in [1.807, 2.05) is 11.8 Å². The van der Waals surface area contributed by atoms with Gasteiger partial charge in [-0.1, -0.05) is 13.8 Å². The fourth-order valence-electron chi connectivity index (χ4n) is 3.05. The number of imidazole rings is 1. The number of nitrogens with one attached hydrogen (secondary N) is 2. The molecule has 0 aromatic carbocycles. The number of amides is 2. The highest BCUT2D eigenvalue weighted by atomic mass is 16.2. The summed E-state index contributed by atoms with van der Waals surface area (Å²) in [6, 6.07) is 0.0218. The Labute approximate surface area is 121 Å². The number of carbonyl (C=O) groups excluding carboxylic acids is 1. The summed E-state index contributed by atoms with van der Waals surface area (Å²) in [6.45, 7) is 11.8. The largest absolute Gasteiger partial charge is 0.344 e. The van der Waals surface area contributed by atoms with Crippen LogP contribution in [0.5, 0.6) is 0 Å². The normalized spacial score (nSPS) is 15.4. The van der Waals surface area contributed by atoms with Gasteiger partial charge in [0.2, 0.25) is 0 Å². The number of hydrogen-bond donors (Lipinski definition) is 2. The van der Waals surface area contributed by atoms with Crippen molar-refractivity contribution in [3.05, 3.63) is 17.2 Å². The van der Waals surface area contributed by atoms with E-state index in [1.165, 1.54) is 0 Å². The first-order chi connectivity index (χ1) is 9.27. The van der Waals surface area contributed by atoms with Crippen LogP contribution < -0.4 is 5.32 Å². The Morgan fingerprint density at radius 1 is 1.50 bits per heavy atom. The predicted octanol–water partition coefficient (Wildman–Crippen LogP) is 2.61. The van der Waals surface area contributed by atoms with E-state index in [-0.39, 0.29) is 11.6 Å². The fourth-order valence-corrected chi connectivity index (χ4v) is 3.05. The molecule has 5 heteroatoms. The minimum Gasteiger partial charge on any atom is -0.344 e. The van der Waals surface area contributed by atoms with Gasteiger partial charge in [-0.15, -0.1) is 0 Å². The molecule has 20 heavy (non-hydrogen) atoms. The lowest BCUT2D eigenvalue weighted by Crippen LogP contribution is -2.51. The lowest BCUT2D eigenvalue weighted by molar-refractivity contribution is 0.176. The second-order valence-electron chi connectivity index (χ2n) is 6.83. The summed E-state index contributed by atoms with van der Waals surface area (Å²) in [5.74, 6) is 1.49. The Kier molecular flexibility index (Phi) is 4.06. The van der Waals surface area contributed by atoms with Crippen LogP contribution in [0, 0.1) is 12.8 Å². The standard InChI is InChI=1S/C15H26N4O/c1-10(2)8-15(4,5)18-14(20)19-7-6-12-13(9-19)17-11(3)16-12/h10H,6-9H2,1-5H3,(H,16,17)(H,18,20). The summed E-state index contributed by atoms with van der Waals surface area (Å²) >= 11 is 0. The molecule has 2 N–H and O–H groups in total. The third kappa shape index (κ3) is 3.52. The molecule has 1 aromatic heterocycles. The van der Waals surface area contributed by atoms with Gasteiger partial charge in [-0.25, -0.2) is 9.78 Å². The van der Waals surface area contributed by atoms with Gasteiger partial charge in [0.1, 0.15) is 5.82 Å². The highest BCUT2D eigenvalue weighted by Gasteiger charge is 2.27. The Hall–Kier alpha value is -1.52. The highest BCUT2D eigenvalue weighted by molar-refractivity contribution is 5.75. The van der Waals surface area contributed by atoms with E-state index in [2.05, 4.69) is 43.0 Å². The highest BCUT2D eigenvalue weighted by Crippen LogP contribution is 2.19. The molecule has 0 atom stereocenters. The van der Waals surface area contributed by atoms with Gasteiger partial charge in [0.05, 0.1) is 17.9 Å². The van der Waals surface area contributed by atoms with Gasteiger partial charge in [-0.3, -0.25) is 0 Å². The second kappa shape index (κ2) is 5.46. The van der Waals surface area contributed by atoms with Gasteiger partial charge in [0.25, 0.3) is 0 Å². The predicted molar refractivity (Wildman–Crippen MR) is 79.5 cm³/mol. The van der Waals surface area contributed by atoms with E-state index in [9.17, 15) is 4.79 Å². The molecule has 0 aliphatic carbocycles. The van der Waals surface area contributed by atoms with Gasteiger partial charge < -0.3 is 15.2 Å². The molecule has 1 aliphatic heterocycles. The number of H-pyrrole nitrogens is 1. The molecular formula is C15H26N4O. The van der Waals surface area contributed by atoms with Crippen LogP contribution in [0.2, 0.25) is 0 Å². The molecule has 0 saturated carbocycles. The molecule has 5 nitrogen and oxygen atoms in total. The maximum absolute atomic E-state index is 12.4. The van der Waals surface area contributed by atoms with Crippen molar-refractivity contribution in [1.29, 1.82) is 0 Å². The number of aromatic nitrogens is 2. The van der Waals surface area contributed by atoms with E-state index in [0.717, 1.165) is 36.6 Å². The van der Waals surface area contributed by atoms with Crippen LogP contribution in [0.4, 0.5) is 4.79 Å². The smallest absolute Gasteiger partial charge is 0.318 e. The van der Waals surface area contributed by atoms with Crippen molar-refractivity contribution in [3.63, 3.8) is 0 Å². The van der Waals surface area contributed by atoms with E-state index < -0.39 is 0 Å². The third-order valence-corrected chi connectivity index (χ3v) is 3.60. The van der Waals surface area contributed by atoms with Crippen molar-refractivity contribution in [3.8, 4) is 0 Å². The maximum atomic E-state index is 12.4. The number of aryl methyl sites for hydroxylation is 1. The Balaban J connectivity index is 1.98. The van der Waals surface area contributed by atoms with E-state index in [1.54, 1.807) is 0 Å². The number of urea groups is 1. The van der Waals surface area contributed by atoms with Crippen LogP contribution >= 0.6 is 0 Å². The van der Waals surface area contributed by atoms with Gasteiger partial charge in [-0.2, -0.15) is 0 Å². The van der Waals surface area contributed by atoms with E-state index >= 15 is 0 Å². The average Bonchev–Trinajstić information content (AvgIpc) is 2.64. The summed E-state index contributed by atoms with van der Waals surface area (Å²) in [4.78, 5) is 21.9. The summed E-state index contributed by atoms with van der Waals surface area (Å²) in [5, 5.41) is 3.15. The molecule has 0 saturated heterocycles. The first-order valence-electron chi connectivity index (χ1n) is 7.38. The molecule has 1 aliphatic rings. The lowest BCUT2D eigenvalue weighted by atomic mass is 9.93. The molecular weight excluding hydrogens is 252 g/mol.